The second-order valence-corrected chi connectivity index (χ2v) is 7.21. The number of ether oxygens (including phenoxy) is 1. The molecule has 0 aliphatic carbocycles. The zero-order chi connectivity index (χ0) is 21.4. The highest BCUT2D eigenvalue weighted by Crippen LogP contribution is 2.34. The van der Waals surface area contributed by atoms with Crippen LogP contribution >= 0.6 is 0 Å². The van der Waals surface area contributed by atoms with Gasteiger partial charge in [0.25, 0.3) is 0 Å². The molecule has 0 fully saturated rings. The van der Waals surface area contributed by atoms with Crippen molar-refractivity contribution in [2.24, 2.45) is 4.99 Å². The van der Waals surface area contributed by atoms with Gasteiger partial charge in [-0.15, -0.1) is 0 Å². The second-order valence-electron chi connectivity index (χ2n) is 7.21. The lowest BCUT2D eigenvalue weighted by Gasteiger charge is -2.14. The fraction of sp³-hybridized carbons (Fsp3) is 0.240. The number of nitrogens with zero attached hydrogens (tertiary/aromatic N) is 3. The fourth-order valence-corrected chi connectivity index (χ4v) is 3.70. The van der Waals surface area contributed by atoms with Gasteiger partial charge in [0.1, 0.15) is 12.1 Å². The summed E-state index contributed by atoms with van der Waals surface area (Å²) in [6.07, 6.45) is 1.59. The van der Waals surface area contributed by atoms with Crippen molar-refractivity contribution in [2.45, 2.75) is 34.2 Å². The maximum absolute atomic E-state index is 14.8. The van der Waals surface area contributed by atoms with Crippen LogP contribution in [0.15, 0.2) is 60.4 Å². The van der Waals surface area contributed by atoms with Gasteiger partial charge in [0, 0.05) is 11.1 Å². The first kappa shape index (κ1) is 22.2. The van der Waals surface area contributed by atoms with Gasteiger partial charge in [-0.1, -0.05) is 37.8 Å². The van der Waals surface area contributed by atoms with Crippen LogP contribution in [0.25, 0.3) is 11.3 Å². The van der Waals surface area contributed by atoms with Crippen LogP contribution in [-0.4, -0.2) is 27.8 Å². The van der Waals surface area contributed by atoms with Crippen LogP contribution in [0.5, 0.6) is 0 Å². The maximum atomic E-state index is 14.8. The zero-order valence-corrected chi connectivity index (χ0v) is 17.1. The predicted octanol–water partition coefficient (Wildman–Crippen LogP) is 5.77. The first-order valence-corrected chi connectivity index (χ1v) is 9.80. The summed E-state index contributed by atoms with van der Waals surface area (Å²) in [7, 11) is 0. The van der Waals surface area contributed by atoms with Crippen molar-refractivity contribution in [3.8, 4) is 5.69 Å². The van der Waals surface area contributed by atoms with E-state index in [-0.39, 0.29) is 25.5 Å². The van der Waals surface area contributed by atoms with Crippen LogP contribution in [0.3, 0.4) is 0 Å². The van der Waals surface area contributed by atoms with E-state index in [1.54, 1.807) is 31.5 Å². The number of hydrogen-bond acceptors (Lipinski definition) is 4. The van der Waals surface area contributed by atoms with Gasteiger partial charge in [-0.3, -0.25) is 9.56 Å². The molecule has 2 aromatic carbocycles. The minimum absolute atomic E-state index is 0. The summed E-state index contributed by atoms with van der Waals surface area (Å²) in [4.78, 5) is 21.6. The third kappa shape index (κ3) is 3.81. The third-order valence-corrected chi connectivity index (χ3v) is 5.12. The number of carbonyl (C=O) groups excluding carboxylic acids is 1. The average Bonchev–Trinajstić information content (AvgIpc) is 3.13. The minimum atomic E-state index is -0.497. The Bertz CT molecular complexity index is 1190. The van der Waals surface area contributed by atoms with Crippen molar-refractivity contribution < 1.29 is 13.9 Å². The molecule has 1 atom stereocenters. The van der Waals surface area contributed by atoms with Crippen LogP contribution in [0.1, 0.15) is 67.1 Å². The molecule has 2 heterocycles. The summed E-state index contributed by atoms with van der Waals surface area (Å²) in [5.74, 6) is -0.854. The van der Waals surface area contributed by atoms with Gasteiger partial charge in [0.15, 0.2) is 5.69 Å². The average molecular weight is 420 g/mol. The molecule has 0 bridgehead atoms. The molecule has 1 aromatic heterocycles. The SMILES string of the molecule is C.C=C(C)c1ccc2c(c1)C(c1ccccc1F)=N[C@H](C)c1c(C(=O)OCC)ncn1-2. The van der Waals surface area contributed by atoms with Gasteiger partial charge >= 0.3 is 5.97 Å². The van der Waals surface area contributed by atoms with E-state index in [0.717, 1.165) is 22.4 Å². The Morgan fingerprint density at radius 3 is 2.65 bits per heavy atom. The third-order valence-electron chi connectivity index (χ3n) is 5.12. The van der Waals surface area contributed by atoms with Crippen molar-refractivity contribution in [1.82, 2.24) is 9.55 Å². The first-order valence-electron chi connectivity index (χ1n) is 9.80. The lowest BCUT2D eigenvalue weighted by atomic mass is 9.96. The smallest absolute Gasteiger partial charge is 0.358 e. The van der Waals surface area contributed by atoms with Gasteiger partial charge < -0.3 is 4.74 Å². The number of imidazole rings is 1. The van der Waals surface area contributed by atoms with E-state index in [2.05, 4.69) is 11.6 Å². The van der Waals surface area contributed by atoms with E-state index in [4.69, 9.17) is 9.73 Å². The van der Waals surface area contributed by atoms with E-state index in [1.165, 1.54) is 6.07 Å². The van der Waals surface area contributed by atoms with Crippen molar-refractivity contribution in [1.29, 1.82) is 0 Å². The Morgan fingerprint density at radius 1 is 1.23 bits per heavy atom. The molecule has 0 spiro atoms. The van der Waals surface area contributed by atoms with Gasteiger partial charge in [-0.05, 0) is 50.6 Å². The molecule has 1 aliphatic heterocycles. The van der Waals surface area contributed by atoms with E-state index >= 15 is 0 Å². The second kappa shape index (κ2) is 8.68. The molecule has 4 rings (SSSR count). The Labute approximate surface area is 181 Å². The molecule has 3 aromatic rings. The zero-order valence-electron chi connectivity index (χ0n) is 17.1. The molecule has 0 radical (unpaired) electrons. The molecular formula is C25H26FN3O2. The van der Waals surface area contributed by atoms with Crippen molar-refractivity contribution in [3.63, 3.8) is 0 Å². The lowest BCUT2D eigenvalue weighted by Crippen LogP contribution is -2.11. The van der Waals surface area contributed by atoms with E-state index in [9.17, 15) is 9.18 Å². The number of fused-ring (bicyclic) bond motifs is 3. The van der Waals surface area contributed by atoms with Crippen LogP contribution in [0.4, 0.5) is 4.39 Å². The molecule has 1 aliphatic rings. The van der Waals surface area contributed by atoms with Crippen LogP contribution < -0.4 is 0 Å². The van der Waals surface area contributed by atoms with Crippen LogP contribution in [-0.2, 0) is 4.74 Å². The quantitative estimate of drug-likeness (QED) is 0.505. The molecule has 6 heteroatoms. The number of benzene rings is 2. The topological polar surface area (TPSA) is 56.5 Å². The summed E-state index contributed by atoms with van der Waals surface area (Å²) in [6.45, 7) is 9.81. The van der Waals surface area contributed by atoms with Crippen LogP contribution in [0.2, 0.25) is 0 Å². The molecule has 0 unspecified atom stereocenters. The number of hydrogen-bond donors (Lipinski definition) is 0. The monoisotopic (exact) mass is 419 g/mol. The molecule has 0 N–H and O–H groups in total. The molecule has 160 valence electrons. The number of carbonyl (C=O) groups is 1. The maximum Gasteiger partial charge on any atom is 0.358 e. The standard InChI is InChI=1S/C24H22FN3O2.CH4/c1-5-30-24(29)22-23-15(4)27-21(17-8-6-7-9-19(17)25)18-12-16(14(2)3)10-11-20(18)28(23)13-26-22;/h6-13,15H,2,5H2,1,3-4H3;1H4/t15-;/m1./s1. The number of rotatable bonds is 4. The largest absolute Gasteiger partial charge is 0.461 e. The van der Waals surface area contributed by atoms with E-state index < -0.39 is 12.0 Å². The predicted molar refractivity (Wildman–Crippen MR) is 121 cm³/mol. The Balaban J connectivity index is 0.00000272. The number of halogens is 1. The van der Waals surface area contributed by atoms with Gasteiger partial charge in [0.2, 0.25) is 0 Å². The molecular weight excluding hydrogens is 393 g/mol. The van der Waals surface area contributed by atoms with E-state index in [1.807, 2.05) is 36.6 Å². The molecule has 5 nitrogen and oxygen atoms in total. The molecule has 0 amide bonds. The normalized spacial score (nSPS) is 14.5. The van der Waals surface area contributed by atoms with Gasteiger partial charge in [-0.2, -0.15) is 0 Å². The van der Waals surface area contributed by atoms with Crippen molar-refractivity contribution in [2.75, 3.05) is 6.61 Å². The number of allylic oxidation sites excluding steroid dienone is 1. The number of esters is 1. The minimum Gasteiger partial charge on any atom is -0.461 e. The Kier molecular flexibility index (Phi) is 6.20. The Hall–Kier alpha value is -3.54. The van der Waals surface area contributed by atoms with E-state index in [0.29, 0.717) is 17.0 Å². The first-order chi connectivity index (χ1) is 14.4. The van der Waals surface area contributed by atoms with Crippen molar-refractivity contribution >= 4 is 17.3 Å². The molecule has 0 saturated heterocycles. The van der Waals surface area contributed by atoms with Crippen molar-refractivity contribution in [3.05, 3.63) is 89.3 Å². The van der Waals surface area contributed by atoms with Gasteiger partial charge in [-0.25, -0.2) is 14.2 Å². The number of aromatic nitrogens is 2. The Morgan fingerprint density at radius 2 is 1.97 bits per heavy atom. The molecule has 31 heavy (non-hydrogen) atoms. The fourth-order valence-electron chi connectivity index (χ4n) is 3.70. The lowest BCUT2D eigenvalue weighted by molar-refractivity contribution is 0.0518. The highest BCUT2D eigenvalue weighted by molar-refractivity contribution is 6.16. The summed E-state index contributed by atoms with van der Waals surface area (Å²) < 4.78 is 21.8. The summed E-state index contributed by atoms with van der Waals surface area (Å²) in [5.41, 5.74) is 5.10. The summed E-state index contributed by atoms with van der Waals surface area (Å²) >= 11 is 0. The highest BCUT2D eigenvalue weighted by atomic mass is 19.1. The van der Waals surface area contributed by atoms with Crippen LogP contribution in [0, 0.1) is 5.82 Å². The highest BCUT2D eigenvalue weighted by Gasteiger charge is 2.30. The van der Waals surface area contributed by atoms with Gasteiger partial charge in [0.05, 0.1) is 29.7 Å². The summed E-state index contributed by atoms with van der Waals surface area (Å²) in [6, 6.07) is 11.9. The number of aliphatic imine (C=N–C) groups is 1. The molecule has 0 saturated carbocycles. The summed E-state index contributed by atoms with van der Waals surface area (Å²) in [5, 5.41) is 0.